The molecule has 0 aliphatic rings. The standard InChI is InChI=1S/C15H12N2S/c1-16-14(12-8-4-2-5-9-12)15(17-18)13-10-6-3-7-11-13/h2-11H,1H2/b15-14+. The van der Waals surface area contributed by atoms with E-state index in [1.807, 2.05) is 60.7 Å². The number of aliphatic imine (C=N–C) groups is 1. The van der Waals surface area contributed by atoms with E-state index < -0.39 is 0 Å². The van der Waals surface area contributed by atoms with Gasteiger partial charge in [-0.05, 0) is 6.72 Å². The first-order chi connectivity index (χ1) is 8.86. The largest absolute Gasteiger partial charge is 0.262 e. The highest BCUT2D eigenvalue weighted by atomic mass is 32.1. The van der Waals surface area contributed by atoms with Gasteiger partial charge in [0.2, 0.25) is 0 Å². The Hall–Kier alpha value is -2.13. The fourth-order valence-corrected chi connectivity index (χ4v) is 1.92. The van der Waals surface area contributed by atoms with Gasteiger partial charge in [0.15, 0.2) is 0 Å². The summed E-state index contributed by atoms with van der Waals surface area (Å²) in [5, 5.41) is 0. The van der Waals surface area contributed by atoms with E-state index in [9.17, 15) is 0 Å². The van der Waals surface area contributed by atoms with E-state index in [0.717, 1.165) is 11.1 Å². The number of hydrogen-bond donors (Lipinski definition) is 0. The first kappa shape index (κ1) is 12.3. The van der Waals surface area contributed by atoms with Gasteiger partial charge in [0.1, 0.15) is 5.70 Å². The van der Waals surface area contributed by atoms with Gasteiger partial charge < -0.3 is 0 Å². The van der Waals surface area contributed by atoms with Gasteiger partial charge in [-0.25, -0.2) is 0 Å². The second-order valence-corrected chi connectivity index (χ2v) is 3.86. The lowest BCUT2D eigenvalue weighted by atomic mass is 10.1. The van der Waals surface area contributed by atoms with Crippen molar-refractivity contribution in [3.63, 3.8) is 0 Å². The Kier molecular flexibility index (Phi) is 4.10. The highest BCUT2D eigenvalue weighted by Crippen LogP contribution is 2.27. The summed E-state index contributed by atoms with van der Waals surface area (Å²) in [7, 11) is 0. The van der Waals surface area contributed by atoms with Crippen LogP contribution in [0.1, 0.15) is 11.1 Å². The Morgan fingerprint density at radius 3 is 1.61 bits per heavy atom. The smallest absolute Gasteiger partial charge is 0.110 e. The van der Waals surface area contributed by atoms with Crippen molar-refractivity contribution in [2.45, 2.75) is 0 Å². The summed E-state index contributed by atoms with van der Waals surface area (Å²) in [6.07, 6.45) is 0. The highest BCUT2D eigenvalue weighted by Gasteiger charge is 2.09. The minimum absolute atomic E-state index is 0.673. The van der Waals surface area contributed by atoms with Crippen LogP contribution in [0.3, 0.4) is 0 Å². The van der Waals surface area contributed by atoms with Crippen LogP contribution in [0.15, 0.2) is 70.0 Å². The van der Waals surface area contributed by atoms with E-state index in [4.69, 9.17) is 12.4 Å². The quantitative estimate of drug-likeness (QED) is 0.597. The van der Waals surface area contributed by atoms with Crippen LogP contribution in [0.5, 0.6) is 0 Å². The molecular formula is C15H12N2S. The molecular weight excluding hydrogens is 240 g/mol. The maximum atomic E-state index is 4.88. The van der Waals surface area contributed by atoms with Crippen molar-refractivity contribution in [2.24, 2.45) is 9.36 Å². The van der Waals surface area contributed by atoms with Crippen molar-refractivity contribution in [3.05, 3.63) is 71.8 Å². The second-order valence-electron chi connectivity index (χ2n) is 3.68. The third-order valence-corrected chi connectivity index (χ3v) is 2.75. The monoisotopic (exact) mass is 252 g/mol. The molecule has 0 atom stereocenters. The molecule has 0 spiro atoms. The Labute approximate surface area is 112 Å². The molecule has 0 aliphatic heterocycles. The third-order valence-electron chi connectivity index (χ3n) is 2.57. The minimum atomic E-state index is 0.673. The van der Waals surface area contributed by atoms with Gasteiger partial charge in [-0.3, -0.25) is 4.99 Å². The lowest BCUT2D eigenvalue weighted by molar-refractivity contribution is 1.46. The number of benzene rings is 2. The van der Waals surface area contributed by atoms with Gasteiger partial charge in [-0.1, -0.05) is 60.7 Å². The van der Waals surface area contributed by atoms with E-state index in [1.54, 1.807) is 0 Å². The van der Waals surface area contributed by atoms with Crippen LogP contribution < -0.4 is 0 Å². The van der Waals surface area contributed by atoms with Crippen molar-refractivity contribution < 1.29 is 0 Å². The van der Waals surface area contributed by atoms with E-state index in [1.165, 1.54) is 0 Å². The first-order valence-corrected chi connectivity index (χ1v) is 5.88. The zero-order valence-corrected chi connectivity index (χ0v) is 10.6. The molecule has 0 N–H and O–H groups in total. The van der Waals surface area contributed by atoms with E-state index in [0.29, 0.717) is 11.4 Å². The molecule has 2 aromatic carbocycles. The molecule has 0 aromatic heterocycles. The van der Waals surface area contributed by atoms with Crippen LogP contribution in [0.4, 0.5) is 0 Å². The van der Waals surface area contributed by atoms with Crippen LogP contribution in [0.2, 0.25) is 0 Å². The maximum Gasteiger partial charge on any atom is 0.110 e. The van der Waals surface area contributed by atoms with E-state index in [-0.39, 0.29) is 0 Å². The lowest BCUT2D eigenvalue weighted by Gasteiger charge is -2.07. The highest BCUT2D eigenvalue weighted by molar-refractivity contribution is 7.47. The van der Waals surface area contributed by atoms with Gasteiger partial charge in [-0.15, -0.1) is 0 Å². The normalized spacial score (nSPS) is 11.6. The van der Waals surface area contributed by atoms with Gasteiger partial charge in [0, 0.05) is 23.6 Å². The number of rotatable bonds is 4. The van der Waals surface area contributed by atoms with E-state index >= 15 is 0 Å². The molecule has 2 nitrogen and oxygen atoms in total. The molecule has 88 valence electrons. The molecule has 0 bridgehead atoms. The van der Waals surface area contributed by atoms with Crippen molar-refractivity contribution in [1.82, 2.24) is 0 Å². The fraction of sp³-hybridized carbons (Fsp3) is 0. The Bertz CT molecular complexity index is 520. The lowest BCUT2D eigenvalue weighted by Crippen LogP contribution is -1.87. The molecule has 0 saturated heterocycles. The number of hydrogen-bond acceptors (Lipinski definition) is 3. The molecule has 0 unspecified atom stereocenters. The molecule has 3 heteroatoms. The Morgan fingerprint density at radius 1 is 0.778 bits per heavy atom. The van der Waals surface area contributed by atoms with E-state index in [2.05, 4.69) is 16.1 Å². The van der Waals surface area contributed by atoms with Crippen LogP contribution in [0.25, 0.3) is 11.4 Å². The molecule has 0 amide bonds. The van der Waals surface area contributed by atoms with Gasteiger partial charge in [0.25, 0.3) is 0 Å². The SMILES string of the molecule is C=N/C(=C(/N=S)c1ccccc1)c1ccccc1. The van der Waals surface area contributed by atoms with Crippen molar-refractivity contribution >= 4 is 30.5 Å². The van der Waals surface area contributed by atoms with Crippen LogP contribution >= 0.6 is 0 Å². The molecule has 18 heavy (non-hydrogen) atoms. The molecule has 0 radical (unpaired) electrons. The summed E-state index contributed by atoms with van der Waals surface area (Å²) >= 11 is 4.88. The third kappa shape index (κ3) is 2.57. The first-order valence-electron chi connectivity index (χ1n) is 5.52. The zero-order chi connectivity index (χ0) is 12.8. The summed E-state index contributed by atoms with van der Waals surface area (Å²) in [6.45, 7) is 3.62. The topological polar surface area (TPSA) is 24.7 Å². The summed E-state index contributed by atoms with van der Waals surface area (Å²) in [5.74, 6) is 0. The molecule has 0 aliphatic carbocycles. The average Bonchev–Trinajstić information content (AvgIpc) is 2.46. The summed E-state index contributed by atoms with van der Waals surface area (Å²) in [6, 6.07) is 19.5. The predicted octanol–water partition coefficient (Wildman–Crippen LogP) is 3.94. The average molecular weight is 252 g/mol. The molecule has 2 aromatic rings. The predicted molar refractivity (Wildman–Crippen MR) is 79.0 cm³/mol. The molecule has 2 rings (SSSR count). The molecule has 0 fully saturated rings. The molecule has 0 heterocycles. The summed E-state index contributed by atoms with van der Waals surface area (Å²) in [5.41, 5.74) is 3.28. The van der Waals surface area contributed by atoms with Gasteiger partial charge in [-0.2, -0.15) is 4.36 Å². The van der Waals surface area contributed by atoms with Gasteiger partial charge in [0.05, 0.1) is 5.70 Å². The zero-order valence-electron chi connectivity index (χ0n) is 9.78. The fourth-order valence-electron chi connectivity index (χ4n) is 1.73. The minimum Gasteiger partial charge on any atom is -0.262 e. The second kappa shape index (κ2) is 5.98. The Morgan fingerprint density at radius 2 is 1.22 bits per heavy atom. The Balaban J connectivity index is 2.61. The molecule has 0 saturated carbocycles. The van der Waals surface area contributed by atoms with Gasteiger partial charge >= 0.3 is 0 Å². The maximum absolute atomic E-state index is 4.88. The van der Waals surface area contributed by atoms with Crippen LogP contribution in [0, 0.1) is 0 Å². The van der Waals surface area contributed by atoms with Crippen molar-refractivity contribution in [1.29, 1.82) is 0 Å². The van der Waals surface area contributed by atoms with Crippen molar-refractivity contribution in [2.75, 3.05) is 0 Å². The number of nitrogens with zero attached hydrogens (tertiary/aromatic N) is 2. The van der Waals surface area contributed by atoms with Crippen LogP contribution in [-0.2, 0) is 12.4 Å². The van der Waals surface area contributed by atoms with Crippen molar-refractivity contribution in [3.8, 4) is 0 Å². The summed E-state index contributed by atoms with van der Waals surface area (Å²) in [4.78, 5) is 4.08. The summed E-state index contributed by atoms with van der Waals surface area (Å²) < 4.78 is 3.94. The van der Waals surface area contributed by atoms with Crippen LogP contribution in [-0.4, -0.2) is 6.72 Å².